The topological polar surface area (TPSA) is 97.7 Å². The van der Waals surface area contributed by atoms with E-state index in [1.165, 1.54) is 0 Å². The molecular formula is C22H23BrN2O5S. The Morgan fingerprint density at radius 3 is 2.61 bits per heavy atom. The summed E-state index contributed by atoms with van der Waals surface area (Å²) in [6.07, 6.45) is 3.77. The van der Waals surface area contributed by atoms with Gasteiger partial charge in [-0.25, -0.2) is 8.42 Å². The van der Waals surface area contributed by atoms with E-state index in [0.717, 1.165) is 36.2 Å². The predicted molar refractivity (Wildman–Crippen MR) is 123 cm³/mol. The minimum atomic E-state index is -3.75. The molecule has 0 spiro atoms. The van der Waals surface area contributed by atoms with Crippen molar-refractivity contribution >= 4 is 43.4 Å². The summed E-state index contributed by atoms with van der Waals surface area (Å²) in [5.74, 6) is 1.43. The van der Waals surface area contributed by atoms with Crippen molar-refractivity contribution < 1.29 is 22.6 Å². The fourth-order valence-corrected chi connectivity index (χ4v) is 5.31. The molecule has 2 aromatic rings. The number of fused-ring (bicyclic) bond motifs is 1. The van der Waals surface area contributed by atoms with Crippen LogP contribution in [0.3, 0.4) is 0 Å². The van der Waals surface area contributed by atoms with Crippen molar-refractivity contribution in [3.05, 3.63) is 52.9 Å². The van der Waals surface area contributed by atoms with E-state index in [9.17, 15) is 8.42 Å². The highest BCUT2D eigenvalue weighted by molar-refractivity contribution is 9.09. The van der Waals surface area contributed by atoms with Gasteiger partial charge in [0.05, 0.1) is 16.9 Å². The van der Waals surface area contributed by atoms with Crippen molar-refractivity contribution in [3.63, 3.8) is 0 Å². The van der Waals surface area contributed by atoms with Gasteiger partial charge in [-0.15, -0.1) is 0 Å². The molecule has 9 heteroatoms. The van der Waals surface area contributed by atoms with E-state index in [1.54, 1.807) is 36.4 Å². The van der Waals surface area contributed by atoms with Crippen LogP contribution in [0, 0.1) is 5.41 Å². The maximum Gasteiger partial charge on any atom is 0.204 e. The molecule has 31 heavy (non-hydrogen) atoms. The smallest absolute Gasteiger partial charge is 0.204 e. The maximum atomic E-state index is 12.9. The van der Waals surface area contributed by atoms with Crippen LogP contribution in [0.4, 0.5) is 5.69 Å². The van der Waals surface area contributed by atoms with Crippen LogP contribution < -0.4 is 14.8 Å². The van der Waals surface area contributed by atoms with Crippen LogP contribution in [0.1, 0.15) is 30.4 Å². The molecule has 0 aliphatic carbocycles. The normalized spacial score (nSPS) is 19.3. The molecule has 2 heterocycles. The highest BCUT2D eigenvalue weighted by Gasteiger charge is 2.33. The van der Waals surface area contributed by atoms with Crippen LogP contribution in [0.5, 0.6) is 11.5 Å². The van der Waals surface area contributed by atoms with E-state index in [4.69, 9.17) is 19.6 Å². The summed E-state index contributed by atoms with van der Waals surface area (Å²) in [5.41, 5.74) is 1.31. The molecule has 4 rings (SSSR count). The van der Waals surface area contributed by atoms with Crippen LogP contribution in [0.25, 0.3) is 5.76 Å². The van der Waals surface area contributed by atoms with Crippen LogP contribution in [0.15, 0.2) is 46.7 Å². The van der Waals surface area contributed by atoms with Gasteiger partial charge in [-0.05, 0) is 55.7 Å². The third-order valence-corrected chi connectivity index (χ3v) is 6.90. The van der Waals surface area contributed by atoms with Crippen LogP contribution in [0.2, 0.25) is 0 Å². The molecular weight excluding hydrogens is 484 g/mol. The summed E-state index contributed by atoms with van der Waals surface area (Å²) in [4.78, 5) is 0.0792. The van der Waals surface area contributed by atoms with Crippen molar-refractivity contribution in [3.8, 4) is 11.5 Å². The first-order chi connectivity index (χ1) is 15.0. The summed E-state index contributed by atoms with van der Waals surface area (Å²) in [7, 11) is -3.75. The molecule has 0 saturated carbocycles. The van der Waals surface area contributed by atoms with Gasteiger partial charge in [0.15, 0.2) is 0 Å². The third-order valence-electron chi connectivity index (χ3n) is 5.05. The predicted octanol–water partition coefficient (Wildman–Crippen LogP) is 4.56. The Morgan fingerprint density at radius 1 is 1.16 bits per heavy atom. The third kappa shape index (κ3) is 4.78. The SMILES string of the molecule is N=Cc1c(NC2CCCCO2)ccc2c1S(=O)(=O)C=C2Oc1ccc(OCCBr)cc1. The van der Waals surface area contributed by atoms with E-state index >= 15 is 0 Å². The standard InChI is InChI=1S/C22H23BrN2O5S/c23-10-12-28-15-4-6-16(7-5-15)30-20-14-31(26,27)22-17(20)8-9-19(18(22)13-24)25-21-3-1-2-11-29-21/h4-9,13-14,21,24-25H,1-3,10-12H2. The molecule has 2 N–H and O–H groups in total. The molecule has 7 nitrogen and oxygen atoms in total. The summed E-state index contributed by atoms with van der Waals surface area (Å²) in [5, 5.41) is 12.9. The molecule has 0 aromatic heterocycles. The zero-order chi connectivity index (χ0) is 21.8. The molecule has 0 amide bonds. The fraction of sp³-hybridized carbons (Fsp3) is 0.318. The van der Waals surface area contributed by atoms with Crippen LogP contribution in [-0.2, 0) is 14.6 Å². The van der Waals surface area contributed by atoms with Gasteiger partial charge in [-0.2, -0.15) is 0 Å². The lowest BCUT2D eigenvalue weighted by atomic mass is 10.1. The Hall–Kier alpha value is -2.36. The number of ether oxygens (including phenoxy) is 3. The van der Waals surface area contributed by atoms with Gasteiger partial charge in [-0.3, -0.25) is 0 Å². The maximum absolute atomic E-state index is 12.9. The van der Waals surface area contributed by atoms with Gasteiger partial charge in [0.1, 0.15) is 23.5 Å². The Balaban J connectivity index is 1.60. The monoisotopic (exact) mass is 506 g/mol. The molecule has 1 saturated heterocycles. The minimum absolute atomic E-state index is 0.0792. The molecule has 1 unspecified atom stereocenters. The Kier molecular flexibility index (Phi) is 6.64. The van der Waals surface area contributed by atoms with Gasteiger partial charge < -0.3 is 24.9 Å². The molecule has 2 aromatic carbocycles. The fourth-order valence-electron chi connectivity index (χ4n) is 3.63. The number of anilines is 1. The van der Waals surface area contributed by atoms with Gasteiger partial charge in [0, 0.05) is 35.0 Å². The second-order valence-electron chi connectivity index (χ2n) is 7.19. The Morgan fingerprint density at radius 2 is 1.94 bits per heavy atom. The minimum Gasteiger partial charge on any atom is -0.493 e. The van der Waals surface area contributed by atoms with Crippen molar-refractivity contribution in [1.82, 2.24) is 0 Å². The number of hydrogen-bond acceptors (Lipinski definition) is 7. The zero-order valence-corrected chi connectivity index (χ0v) is 19.2. The van der Waals surface area contributed by atoms with Crippen molar-refractivity contribution in [2.75, 3.05) is 23.9 Å². The van der Waals surface area contributed by atoms with Gasteiger partial charge in [-0.1, -0.05) is 15.9 Å². The van der Waals surface area contributed by atoms with E-state index in [0.29, 0.717) is 41.5 Å². The number of hydrogen-bond donors (Lipinski definition) is 2. The largest absolute Gasteiger partial charge is 0.493 e. The average Bonchev–Trinajstić information content (AvgIpc) is 3.03. The number of halogens is 1. The van der Waals surface area contributed by atoms with E-state index in [1.807, 2.05) is 0 Å². The lowest BCUT2D eigenvalue weighted by molar-refractivity contribution is 0.0343. The summed E-state index contributed by atoms with van der Waals surface area (Å²) in [6, 6.07) is 10.5. The lowest BCUT2D eigenvalue weighted by Crippen LogP contribution is -2.27. The highest BCUT2D eigenvalue weighted by atomic mass is 79.9. The summed E-state index contributed by atoms with van der Waals surface area (Å²) < 4.78 is 42.9. The Bertz CT molecular complexity index is 1090. The van der Waals surface area contributed by atoms with Gasteiger partial charge in [0.2, 0.25) is 9.84 Å². The number of nitrogens with one attached hydrogen (secondary N) is 2. The number of alkyl halides is 1. The van der Waals surface area contributed by atoms with Crippen molar-refractivity contribution in [2.24, 2.45) is 0 Å². The first kappa shape index (κ1) is 21.9. The zero-order valence-electron chi connectivity index (χ0n) is 16.8. The first-order valence-electron chi connectivity index (χ1n) is 10.0. The number of benzene rings is 2. The van der Waals surface area contributed by atoms with Gasteiger partial charge in [0.25, 0.3) is 0 Å². The second kappa shape index (κ2) is 9.42. The molecule has 1 fully saturated rings. The molecule has 0 bridgehead atoms. The van der Waals surface area contributed by atoms with E-state index < -0.39 is 9.84 Å². The molecule has 2 aliphatic heterocycles. The molecule has 1 atom stereocenters. The van der Waals surface area contributed by atoms with E-state index in [-0.39, 0.29) is 16.9 Å². The lowest BCUT2D eigenvalue weighted by Gasteiger charge is -2.25. The first-order valence-corrected chi connectivity index (χ1v) is 12.7. The van der Waals surface area contributed by atoms with Crippen LogP contribution in [-0.4, -0.2) is 39.4 Å². The highest BCUT2D eigenvalue weighted by Crippen LogP contribution is 2.39. The average molecular weight is 507 g/mol. The summed E-state index contributed by atoms with van der Waals surface area (Å²) >= 11 is 3.31. The van der Waals surface area contributed by atoms with E-state index in [2.05, 4.69) is 21.2 Å². The quantitative estimate of drug-likeness (QED) is 0.402. The van der Waals surface area contributed by atoms with Crippen molar-refractivity contribution in [2.45, 2.75) is 30.4 Å². The van der Waals surface area contributed by atoms with Crippen LogP contribution >= 0.6 is 15.9 Å². The second-order valence-corrected chi connectivity index (χ2v) is 9.71. The van der Waals surface area contributed by atoms with Gasteiger partial charge >= 0.3 is 0 Å². The molecule has 2 aliphatic rings. The number of rotatable bonds is 8. The number of sulfone groups is 1. The molecule has 0 radical (unpaired) electrons. The summed E-state index contributed by atoms with van der Waals surface area (Å²) in [6.45, 7) is 1.21. The van der Waals surface area contributed by atoms with Crippen molar-refractivity contribution in [1.29, 1.82) is 5.41 Å². The Labute approximate surface area is 190 Å². The molecule has 164 valence electrons.